The van der Waals surface area contributed by atoms with Crippen molar-refractivity contribution < 1.29 is 23.1 Å². The number of aromatic carboxylic acids is 1. The van der Waals surface area contributed by atoms with Gasteiger partial charge in [-0.15, -0.1) is 0 Å². The van der Waals surface area contributed by atoms with E-state index < -0.39 is 21.9 Å². The van der Waals surface area contributed by atoms with Gasteiger partial charge >= 0.3 is 5.97 Å². The maximum absolute atomic E-state index is 12.7. The fourth-order valence-corrected chi connectivity index (χ4v) is 4.17. The summed E-state index contributed by atoms with van der Waals surface area (Å²) in [4.78, 5) is 23.3. The van der Waals surface area contributed by atoms with Crippen molar-refractivity contribution in [2.45, 2.75) is 4.90 Å². The molecular formula is C20H13Cl3N2O5S. The molecule has 3 aromatic rings. The Hall–Kier alpha value is -2.78. The number of sulfonamides is 1. The molecule has 0 unspecified atom stereocenters. The fourth-order valence-electron chi connectivity index (χ4n) is 2.49. The lowest BCUT2D eigenvalue weighted by atomic mass is 10.1. The Kier molecular flexibility index (Phi) is 6.76. The average molecular weight is 500 g/mol. The summed E-state index contributed by atoms with van der Waals surface area (Å²) < 4.78 is 27.6. The minimum Gasteiger partial charge on any atom is -0.478 e. The van der Waals surface area contributed by atoms with Crippen LogP contribution in [0.15, 0.2) is 65.6 Å². The lowest BCUT2D eigenvalue weighted by Crippen LogP contribution is -2.15. The predicted molar refractivity (Wildman–Crippen MR) is 120 cm³/mol. The normalized spacial score (nSPS) is 11.1. The van der Waals surface area contributed by atoms with Crippen molar-refractivity contribution in [1.82, 2.24) is 0 Å². The van der Waals surface area contributed by atoms with Crippen molar-refractivity contribution in [1.29, 1.82) is 0 Å². The number of anilines is 2. The largest absolute Gasteiger partial charge is 0.478 e. The third kappa shape index (κ3) is 5.48. The first-order valence-corrected chi connectivity index (χ1v) is 11.1. The van der Waals surface area contributed by atoms with Crippen LogP contribution in [-0.4, -0.2) is 25.4 Å². The zero-order chi connectivity index (χ0) is 22.8. The van der Waals surface area contributed by atoms with E-state index in [0.717, 1.165) is 0 Å². The van der Waals surface area contributed by atoms with Crippen molar-refractivity contribution in [2.24, 2.45) is 0 Å². The van der Waals surface area contributed by atoms with Crippen LogP contribution in [0.1, 0.15) is 20.7 Å². The number of benzene rings is 3. The lowest BCUT2D eigenvalue weighted by Gasteiger charge is -2.12. The molecule has 11 heteroatoms. The Morgan fingerprint density at radius 2 is 1.39 bits per heavy atom. The number of rotatable bonds is 6. The zero-order valence-corrected chi connectivity index (χ0v) is 18.5. The first-order chi connectivity index (χ1) is 14.6. The summed E-state index contributed by atoms with van der Waals surface area (Å²) in [5.41, 5.74) is 0.548. The van der Waals surface area contributed by atoms with Gasteiger partial charge in [0.25, 0.3) is 15.9 Å². The van der Waals surface area contributed by atoms with Gasteiger partial charge in [0.15, 0.2) is 0 Å². The van der Waals surface area contributed by atoms with Gasteiger partial charge in [0.2, 0.25) is 0 Å². The summed E-state index contributed by atoms with van der Waals surface area (Å²) in [5.74, 6) is -1.63. The first kappa shape index (κ1) is 22.9. The number of carboxylic acids is 1. The van der Waals surface area contributed by atoms with Gasteiger partial charge in [0.1, 0.15) is 0 Å². The second-order valence-corrected chi connectivity index (χ2v) is 9.12. The number of hydrogen-bond donors (Lipinski definition) is 3. The highest BCUT2D eigenvalue weighted by Gasteiger charge is 2.18. The molecule has 0 saturated heterocycles. The minimum atomic E-state index is -4.05. The van der Waals surface area contributed by atoms with Crippen LogP contribution in [0.5, 0.6) is 0 Å². The summed E-state index contributed by atoms with van der Waals surface area (Å²) in [7, 11) is -4.05. The highest BCUT2D eigenvalue weighted by atomic mass is 35.5. The number of nitrogens with one attached hydrogen (secondary N) is 2. The van der Waals surface area contributed by atoms with Gasteiger partial charge in [0, 0.05) is 11.3 Å². The van der Waals surface area contributed by atoms with Gasteiger partial charge in [-0.25, -0.2) is 13.2 Å². The molecular weight excluding hydrogens is 487 g/mol. The quantitative estimate of drug-likeness (QED) is 0.420. The second kappa shape index (κ2) is 9.15. The lowest BCUT2D eigenvalue weighted by molar-refractivity contribution is 0.0696. The van der Waals surface area contributed by atoms with Crippen molar-refractivity contribution in [3.05, 3.63) is 86.9 Å². The highest BCUT2D eigenvalue weighted by Crippen LogP contribution is 2.29. The third-order valence-electron chi connectivity index (χ3n) is 4.06. The van der Waals surface area contributed by atoms with Gasteiger partial charge in [-0.1, -0.05) is 34.8 Å². The Labute approximate surface area is 192 Å². The van der Waals surface area contributed by atoms with E-state index in [1.807, 2.05) is 0 Å². The Morgan fingerprint density at radius 3 is 2.00 bits per heavy atom. The highest BCUT2D eigenvalue weighted by molar-refractivity contribution is 7.92. The van der Waals surface area contributed by atoms with E-state index in [-0.39, 0.29) is 36.8 Å². The number of halogens is 3. The standard InChI is InChI=1S/C20H13Cl3N2O5S/c21-15-8-6-14(10-17(15)23)31(29,30)25-18-9-12(3-7-16(18)22)19(26)24-13-4-1-11(2-5-13)20(27)28/h1-10,25H,(H,24,26)(H,27,28). The maximum atomic E-state index is 12.7. The number of amides is 1. The molecule has 0 saturated carbocycles. The van der Waals surface area contributed by atoms with E-state index in [2.05, 4.69) is 10.0 Å². The van der Waals surface area contributed by atoms with Crippen molar-refractivity contribution in [3.63, 3.8) is 0 Å². The molecule has 31 heavy (non-hydrogen) atoms. The molecule has 0 bridgehead atoms. The molecule has 0 radical (unpaired) electrons. The van der Waals surface area contributed by atoms with Crippen LogP contribution in [0, 0.1) is 0 Å². The summed E-state index contributed by atoms with van der Waals surface area (Å²) in [5, 5.41) is 11.9. The van der Waals surface area contributed by atoms with E-state index in [9.17, 15) is 18.0 Å². The SMILES string of the molecule is O=C(O)c1ccc(NC(=O)c2ccc(Cl)c(NS(=O)(=O)c3ccc(Cl)c(Cl)c3)c2)cc1. The van der Waals surface area contributed by atoms with Crippen molar-refractivity contribution >= 4 is 68.1 Å². The molecule has 0 heterocycles. The molecule has 0 spiro atoms. The molecule has 1 amide bonds. The Morgan fingerprint density at radius 1 is 0.774 bits per heavy atom. The molecule has 0 aromatic heterocycles. The molecule has 3 N–H and O–H groups in total. The van der Waals surface area contributed by atoms with Crippen LogP contribution in [0.3, 0.4) is 0 Å². The Balaban J connectivity index is 1.83. The van der Waals surface area contributed by atoms with Crippen molar-refractivity contribution in [2.75, 3.05) is 10.0 Å². The van der Waals surface area contributed by atoms with Crippen LogP contribution in [0.25, 0.3) is 0 Å². The second-order valence-electron chi connectivity index (χ2n) is 6.21. The maximum Gasteiger partial charge on any atom is 0.335 e. The summed E-state index contributed by atoms with van der Waals surface area (Å²) in [6.07, 6.45) is 0. The predicted octanol–water partition coefficient (Wildman–Crippen LogP) is 5.40. The van der Waals surface area contributed by atoms with Gasteiger partial charge in [0.05, 0.1) is 31.2 Å². The summed E-state index contributed by atoms with van der Waals surface area (Å²) in [6, 6.07) is 13.4. The molecule has 0 aliphatic carbocycles. The fraction of sp³-hybridized carbons (Fsp3) is 0. The molecule has 7 nitrogen and oxygen atoms in total. The van der Waals surface area contributed by atoms with Crippen LogP contribution >= 0.6 is 34.8 Å². The smallest absolute Gasteiger partial charge is 0.335 e. The molecule has 160 valence electrons. The van der Waals surface area contributed by atoms with Crippen LogP contribution < -0.4 is 10.0 Å². The third-order valence-corrected chi connectivity index (χ3v) is 6.50. The van der Waals surface area contributed by atoms with Gasteiger partial charge in [-0.05, 0) is 60.7 Å². The van der Waals surface area contributed by atoms with Gasteiger partial charge < -0.3 is 10.4 Å². The zero-order valence-electron chi connectivity index (χ0n) is 15.4. The topological polar surface area (TPSA) is 113 Å². The van der Waals surface area contributed by atoms with E-state index in [4.69, 9.17) is 39.9 Å². The monoisotopic (exact) mass is 498 g/mol. The van der Waals surface area contributed by atoms with E-state index >= 15 is 0 Å². The molecule has 3 aromatic carbocycles. The Bertz CT molecular complexity index is 1280. The van der Waals surface area contributed by atoms with E-state index in [0.29, 0.717) is 5.69 Å². The molecule has 0 atom stereocenters. The van der Waals surface area contributed by atoms with Gasteiger partial charge in [-0.3, -0.25) is 9.52 Å². The summed E-state index contributed by atoms with van der Waals surface area (Å²) in [6.45, 7) is 0. The summed E-state index contributed by atoms with van der Waals surface area (Å²) >= 11 is 17.8. The van der Waals surface area contributed by atoms with E-state index in [1.54, 1.807) is 0 Å². The minimum absolute atomic E-state index is 0.0124. The number of hydrogen-bond acceptors (Lipinski definition) is 4. The average Bonchev–Trinajstić information content (AvgIpc) is 2.71. The van der Waals surface area contributed by atoms with E-state index in [1.165, 1.54) is 60.7 Å². The molecule has 0 fully saturated rings. The van der Waals surface area contributed by atoms with Crippen LogP contribution in [0.4, 0.5) is 11.4 Å². The van der Waals surface area contributed by atoms with Crippen molar-refractivity contribution in [3.8, 4) is 0 Å². The number of carbonyl (C=O) groups is 2. The van der Waals surface area contributed by atoms with Crippen LogP contribution in [0.2, 0.25) is 15.1 Å². The first-order valence-electron chi connectivity index (χ1n) is 8.49. The molecule has 0 aliphatic heterocycles. The molecule has 0 aliphatic rings. The molecule has 3 rings (SSSR count). The van der Waals surface area contributed by atoms with Crippen LogP contribution in [-0.2, 0) is 10.0 Å². The van der Waals surface area contributed by atoms with Gasteiger partial charge in [-0.2, -0.15) is 0 Å². The number of carboxylic acid groups (broad SMARTS) is 1. The number of carbonyl (C=O) groups excluding carboxylic acids is 1.